The lowest BCUT2D eigenvalue weighted by Crippen LogP contribution is -2.24. The molecule has 1 amide bonds. The Labute approximate surface area is 222 Å². The van der Waals surface area contributed by atoms with Crippen LogP contribution < -0.4 is 5.32 Å². The average molecular weight is 532 g/mol. The molecule has 0 spiro atoms. The molecule has 0 radical (unpaired) electrons. The molecule has 2 aromatic carbocycles. The highest BCUT2D eigenvalue weighted by Crippen LogP contribution is 2.29. The van der Waals surface area contributed by atoms with Crippen molar-refractivity contribution in [3.8, 4) is 11.1 Å². The van der Waals surface area contributed by atoms with E-state index in [1.54, 1.807) is 32.1 Å². The lowest BCUT2D eigenvalue weighted by molar-refractivity contribution is -0.121. The third-order valence-electron chi connectivity index (χ3n) is 5.29. The molecule has 0 saturated carbocycles. The predicted octanol–water partition coefficient (Wildman–Crippen LogP) is 4.74. The van der Waals surface area contributed by atoms with E-state index < -0.39 is 11.6 Å². The number of nitrogens with zero attached hydrogens (tertiary/aromatic N) is 4. The number of esters is 1. The maximum Gasteiger partial charge on any atom is 0.361 e. The molecule has 5 aromatic rings. The van der Waals surface area contributed by atoms with Crippen LogP contribution in [-0.4, -0.2) is 37.8 Å². The summed E-state index contributed by atoms with van der Waals surface area (Å²) in [6.45, 7) is 5.33. The van der Waals surface area contributed by atoms with Crippen LogP contribution in [0.3, 0.4) is 0 Å². The summed E-state index contributed by atoms with van der Waals surface area (Å²) >= 11 is 1.57. The van der Waals surface area contributed by atoms with Gasteiger partial charge in [-0.25, -0.2) is 9.78 Å². The van der Waals surface area contributed by atoms with Gasteiger partial charge < -0.3 is 19.0 Å². The Morgan fingerprint density at radius 3 is 2.58 bits per heavy atom. The molecule has 0 unspecified atom stereocenters. The van der Waals surface area contributed by atoms with E-state index in [1.807, 2.05) is 24.3 Å². The van der Waals surface area contributed by atoms with Crippen molar-refractivity contribution in [2.45, 2.75) is 45.8 Å². The molecule has 3 heterocycles. The molecule has 0 aliphatic rings. The number of hydrogen-bond acceptors (Lipinski definition) is 10. The number of rotatable bonds is 8. The normalized spacial score (nSPS) is 11.6. The number of benzene rings is 2. The Kier molecular flexibility index (Phi) is 7.01. The minimum Gasteiger partial charge on any atom is -0.455 e. The van der Waals surface area contributed by atoms with E-state index in [9.17, 15) is 9.59 Å². The first-order chi connectivity index (χ1) is 18.2. The second kappa shape index (κ2) is 10.5. The molecule has 0 aliphatic carbocycles. The zero-order valence-corrected chi connectivity index (χ0v) is 21.9. The highest BCUT2D eigenvalue weighted by molar-refractivity contribution is 7.18. The average Bonchev–Trinajstić information content (AvgIpc) is 3.62. The van der Waals surface area contributed by atoms with Gasteiger partial charge in [-0.3, -0.25) is 4.79 Å². The number of amides is 1. The van der Waals surface area contributed by atoms with Crippen molar-refractivity contribution in [1.29, 1.82) is 0 Å². The molecular weight excluding hydrogens is 506 g/mol. The smallest absolute Gasteiger partial charge is 0.361 e. The third-order valence-corrected chi connectivity index (χ3v) is 6.31. The SMILES string of the molecule is CC(C)(C)OC(=O)c1cc(CNC(=O)Cc2nnc(Cc3nc4ccc(-c5ccccc5)cc4s3)o2)on1. The maximum absolute atomic E-state index is 12.3. The van der Waals surface area contributed by atoms with Crippen molar-refractivity contribution in [1.82, 2.24) is 25.7 Å². The fourth-order valence-corrected chi connectivity index (χ4v) is 4.62. The van der Waals surface area contributed by atoms with Gasteiger partial charge >= 0.3 is 5.97 Å². The van der Waals surface area contributed by atoms with Gasteiger partial charge in [0.2, 0.25) is 17.7 Å². The van der Waals surface area contributed by atoms with Gasteiger partial charge in [-0.1, -0.05) is 41.6 Å². The van der Waals surface area contributed by atoms with E-state index in [4.69, 9.17) is 13.7 Å². The molecule has 1 N–H and O–H groups in total. The summed E-state index contributed by atoms with van der Waals surface area (Å²) in [5.41, 5.74) is 2.58. The number of hydrogen-bond donors (Lipinski definition) is 1. The first-order valence-electron chi connectivity index (χ1n) is 11.9. The molecule has 10 nitrogen and oxygen atoms in total. The number of fused-ring (bicyclic) bond motifs is 1. The summed E-state index contributed by atoms with van der Waals surface area (Å²) in [6, 6.07) is 17.8. The minimum absolute atomic E-state index is 0.0388. The standard InChI is InChI=1S/C27H25N5O5S/c1-27(2,3)36-26(34)20-12-18(37-32-20)15-28-22(33)13-23-30-31-24(35-23)14-25-29-19-10-9-17(11-21(19)38-25)16-7-5-4-6-8-16/h4-12H,13-15H2,1-3H3,(H,28,33). The van der Waals surface area contributed by atoms with Crippen LogP contribution in [0, 0.1) is 0 Å². The van der Waals surface area contributed by atoms with Gasteiger partial charge in [0.25, 0.3) is 0 Å². The number of thiazole rings is 1. The molecule has 5 rings (SSSR count). The molecule has 0 bridgehead atoms. The number of aromatic nitrogens is 4. The van der Waals surface area contributed by atoms with Crippen LogP contribution in [0.15, 0.2) is 63.5 Å². The Morgan fingerprint density at radius 1 is 1.00 bits per heavy atom. The van der Waals surface area contributed by atoms with E-state index in [0.717, 1.165) is 26.4 Å². The second-order valence-corrected chi connectivity index (χ2v) is 10.7. The van der Waals surface area contributed by atoms with Crippen molar-refractivity contribution in [3.05, 3.63) is 82.8 Å². The molecule has 0 fully saturated rings. The van der Waals surface area contributed by atoms with Gasteiger partial charge in [-0.15, -0.1) is 21.5 Å². The molecular formula is C27H25N5O5S. The first-order valence-corrected chi connectivity index (χ1v) is 12.8. The van der Waals surface area contributed by atoms with Crippen LogP contribution in [0.4, 0.5) is 0 Å². The van der Waals surface area contributed by atoms with Crippen LogP contribution >= 0.6 is 11.3 Å². The van der Waals surface area contributed by atoms with E-state index in [0.29, 0.717) is 18.1 Å². The van der Waals surface area contributed by atoms with E-state index in [-0.39, 0.29) is 30.5 Å². The summed E-state index contributed by atoms with van der Waals surface area (Å²) < 4.78 is 17.1. The van der Waals surface area contributed by atoms with Crippen LogP contribution in [0.25, 0.3) is 21.3 Å². The van der Waals surface area contributed by atoms with Crippen LogP contribution in [0.1, 0.15) is 53.8 Å². The molecule has 0 atom stereocenters. The van der Waals surface area contributed by atoms with Crippen molar-refractivity contribution in [3.63, 3.8) is 0 Å². The lowest BCUT2D eigenvalue weighted by atomic mass is 10.1. The lowest BCUT2D eigenvalue weighted by Gasteiger charge is -2.18. The van der Waals surface area contributed by atoms with Gasteiger partial charge in [0.1, 0.15) is 17.0 Å². The summed E-state index contributed by atoms with van der Waals surface area (Å²) in [5, 5.41) is 15.3. The number of carbonyl (C=O) groups is 2. The summed E-state index contributed by atoms with van der Waals surface area (Å²) in [6.07, 6.45) is 0.278. The molecule has 194 valence electrons. The van der Waals surface area contributed by atoms with Crippen LogP contribution in [-0.2, 0) is 28.9 Å². The quantitative estimate of drug-likeness (QED) is 0.282. The topological polar surface area (TPSA) is 133 Å². The van der Waals surface area contributed by atoms with E-state index in [1.165, 1.54) is 6.07 Å². The summed E-state index contributed by atoms with van der Waals surface area (Å²) in [5.74, 6) is -0.0492. The molecule has 0 saturated heterocycles. The number of nitrogens with one attached hydrogen (secondary N) is 1. The largest absolute Gasteiger partial charge is 0.455 e. The van der Waals surface area contributed by atoms with E-state index in [2.05, 4.69) is 49.9 Å². The molecule has 38 heavy (non-hydrogen) atoms. The second-order valence-electron chi connectivity index (χ2n) is 9.56. The van der Waals surface area contributed by atoms with Gasteiger partial charge in [0, 0.05) is 6.07 Å². The van der Waals surface area contributed by atoms with Gasteiger partial charge in [0.15, 0.2) is 11.5 Å². The monoisotopic (exact) mass is 531 g/mol. The molecule has 0 aliphatic heterocycles. The zero-order chi connectivity index (χ0) is 26.7. The van der Waals surface area contributed by atoms with Crippen LogP contribution in [0.2, 0.25) is 0 Å². The third kappa shape index (κ3) is 6.30. The van der Waals surface area contributed by atoms with Gasteiger partial charge in [0.05, 0.1) is 23.2 Å². The maximum atomic E-state index is 12.3. The zero-order valence-electron chi connectivity index (χ0n) is 21.1. The Bertz CT molecular complexity index is 1580. The van der Waals surface area contributed by atoms with Crippen LogP contribution in [0.5, 0.6) is 0 Å². The van der Waals surface area contributed by atoms with Crippen molar-refractivity contribution < 1.29 is 23.3 Å². The van der Waals surface area contributed by atoms with Gasteiger partial charge in [-0.05, 0) is 44.0 Å². The van der Waals surface area contributed by atoms with E-state index >= 15 is 0 Å². The summed E-state index contributed by atoms with van der Waals surface area (Å²) in [7, 11) is 0. The fraction of sp³-hybridized carbons (Fsp3) is 0.259. The fourth-order valence-electron chi connectivity index (χ4n) is 3.63. The minimum atomic E-state index is -0.647. The van der Waals surface area contributed by atoms with Gasteiger partial charge in [-0.2, -0.15) is 0 Å². The molecule has 11 heteroatoms. The molecule has 3 aromatic heterocycles. The predicted molar refractivity (Wildman–Crippen MR) is 139 cm³/mol. The highest BCUT2D eigenvalue weighted by Gasteiger charge is 2.21. The first kappa shape index (κ1) is 25.3. The number of carbonyl (C=O) groups excluding carboxylic acids is 2. The highest BCUT2D eigenvalue weighted by atomic mass is 32.1. The van der Waals surface area contributed by atoms with Crippen molar-refractivity contribution in [2.75, 3.05) is 0 Å². The Balaban J connectivity index is 1.15. The summed E-state index contributed by atoms with van der Waals surface area (Å²) in [4.78, 5) is 29.1. The van der Waals surface area contributed by atoms with Crippen molar-refractivity contribution in [2.24, 2.45) is 0 Å². The Morgan fingerprint density at radius 2 is 1.79 bits per heavy atom. The Hall–Kier alpha value is -4.38. The van der Waals surface area contributed by atoms with Crippen molar-refractivity contribution >= 4 is 33.4 Å². The number of ether oxygens (including phenoxy) is 1.